The van der Waals surface area contributed by atoms with Crippen LogP contribution in [0.25, 0.3) is 0 Å². The SMILES string of the molecule is Cc1ccc(NCC(=O)NC(C)C)c(C(N)=S)c1. The first-order valence-electron chi connectivity index (χ1n) is 5.84. The Morgan fingerprint density at radius 2 is 2.11 bits per heavy atom. The number of aryl methyl sites for hydroxylation is 1. The molecule has 1 amide bonds. The Morgan fingerprint density at radius 1 is 1.44 bits per heavy atom. The van der Waals surface area contributed by atoms with E-state index >= 15 is 0 Å². The van der Waals surface area contributed by atoms with Crippen molar-refractivity contribution in [3.63, 3.8) is 0 Å². The Bertz CT molecular complexity index is 458. The number of benzene rings is 1. The number of carbonyl (C=O) groups excluding carboxylic acids is 1. The minimum absolute atomic E-state index is 0.0561. The molecule has 0 aliphatic rings. The topological polar surface area (TPSA) is 67.2 Å². The number of rotatable bonds is 5. The average molecular weight is 265 g/mol. The fourth-order valence-electron chi connectivity index (χ4n) is 1.56. The van der Waals surface area contributed by atoms with Crippen LogP contribution in [0.4, 0.5) is 5.69 Å². The summed E-state index contributed by atoms with van der Waals surface area (Å²) in [4.78, 5) is 11.9. The molecule has 0 aromatic heterocycles. The normalized spacial score (nSPS) is 10.2. The highest BCUT2D eigenvalue weighted by Crippen LogP contribution is 2.16. The van der Waals surface area contributed by atoms with Crippen molar-refractivity contribution in [1.29, 1.82) is 0 Å². The largest absolute Gasteiger partial charge is 0.389 e. The molecule has 0 saturated heterocycles. The van der Waals surface area contributed by atoms with Crippen LogP contribution in [0.5, 0.6) is 0 Å². The minimum atomic E-state index is -0.0561. The third-order valence-electron chi connectivity index (χ3n) is 2.33. The van der Waals surface area contributed by atoms with E-state index < -0.39 is 0 Å². The summed E-state index contributed by atoms with van der Waals surface area (Å²) in [5.41, 5.74) is 8.29. The van der Waals surface area contributed by atoms with Crippen molar-refractivity contribution < 1.29 is 4.79 Å². The van der Waals surface area contributed by atoms with Gasteiger partial charge in [-0.05, 0) is 32.9 Å². The van der Waals surface area contributed by atoms with Crippen LogP contribution >= 0.6 is 12.2 Å². The number of anilines is 1. The van der Waals surface area contributed by atoms with E-state index in [0.29, 0.717) is 4.99 Å². The first-order valence-corrected chi connectivity index (χ1v) is 6.24. The van der Waals surface area contributed by atoms with Crippen LogP contribution in [0.15, 0.2) is 18.2 Å². The van der Waals surface area contributed by atoms with Crippen LogP contribution < -0.4 is 16.4 Å². The Balaban J connectivity index is 2.73. The highest BCUT2D eigenvalue weighted by atomic mass is 32.1. The van der Waals surface area contributed by atoms with Crippen LogP contribution in [0, 0.1) is 6.92 Å². The number of hydrogen-bond donors (Lipinski definition) is 3. The van der Waals surface area contributed by atoms with Gasteiger partial charge in [0.1, 0.15) is 4.99 Å². The summed E-state index contributed by atoms with van der Waals surface area (Å²) in [5, 5.41) is 5.85. The number of nitrogens with one attached hydrogen (secondary N) is 2. The predicted molar refractivity (Wildman–Crippen MR) is 78.8 cm³/mol. The van der Waals surface area contributed by atoms with Gasteiger partial charge in [-0.25, -0.2) is 0 Å². The zero-order valence-corrected chi connectivity index (χ0v) is 11.7. The third-order valence-corrected chi connectivity index (χ3v) is 2.55. The number of amides is 1. The number of carbonyl (C=O) groups is 1. The van der Waals surface area contributed by atoms with Gasteiger partial charge >= 0.3 is 0 Å². The van der Waals surface area contributed by atoms with Gasteiger partial charge in [0, 0.05) is 17.3 Å². The molecule has 0 radical (unpaired) electrons. The lowest BCUT2D eigenvalue weighted by Gasteiger charge is -2.13. The van der Waals surface area contributed by atoms with Gasteiger partial charge in [-0.3, -0.25) is 4.79 Å². The minimum Gasteiger partial charge on any atom is -0.389 e. The molecule has 1 aromatic rings. The van der Waals surface area contributed by atoms with Crippen molar-refractivity contribution in [3.8, 4) is 0 Å². The van der Waals surface area contributed by atoms with Gasteiger partial charge in [0.25, 0.3) is 0 Å². The molecule has 0 saturated carbocycles. The van der Waals surface area contributed by atoms with Crippen molar-refractivity contribution in [3.05, 3.63) is 29.3 Å². The molecular formula is C13H19N3OS. The Hall–Kier alpha value is -1.62. The van der Waals surface area contributed by atoms with Crippen molar-refractivity contribution in [2.75, 3.05) is 11.9 Å². The molecule has 1 aromatic carbocycles. The molecule has 18 heavy (non-hydrogen) atoms. The second-order valence-electron chi connectivity index (χ2n) is 4.49. The van der Waals surface area contributed by atoms with E-state index in [1.807, 2.05) is 39.0 Å². The lowest BCUT2D eigenvalue weighted by Crippen LogP contribution is -2.35. The van der Waals surface area contributed by atoms with E-state index in [0.717, 1.165) is 16.8 Å². The molecule has 0 aliphatic carbocycles. The average Bonchev–Trinajstić information content (AvgIpc) is 2.26. The van der Waals surface area contributed by atoms with E-state index in [1.54, 1.807) is 0 Å². The molecule has 5 heteroatoms. The second-order valence-corrected chi connectivity index (χ2v) is 4.93. The lowest BCUT2D eigenvalue weighted by molar-refractivity contribution is -0.119. The molecule has 0 atom stereocenters. The van der Waals surface area contributed by atoms with E-state index in [-0.39, 0.29) is 18.5 Å². The molecule has 0 spiro atoms. The second kappa shape index (κ2) is 6.35. The van der Waals surface area contributed by atoms with Crippen LogP contribution in [-0.4, -0.2) is 23.5 Å². The maximum atomic E-state index is 11.5. The third kappa shape index (κ3) is 4.33. The maximum absolute atomic E-state index is 11.5. The van der Waals surface area contributed by atoms with E-state index in [9.17, 15) is 4.79 Å². The van der Waals surface area contributed by atoms with Gasteiger partial charge in [0.05, 0.1) is 6.54 Å². The summed E-state index contributed by atoms with van der Waals surface area (Å²) >= 11 is 5.00. The molecule has 4 nitrogen and oxygen atoms in total. The van der Waals surface area contributed by atoms with E-state index in [4.69, 9.17) is 18.0 Å². The zero-order chi connectivity index (χ0) is 13.7. The first kappa shape index (κ1) is 14.4. The molecular weight excluding hydrogens is 246 g/mol. The van der Waals surface area contributed by atoms with Crippen molar-refractivity contribution in [2.24, 2.45) is 5.73 Å². The predicted octanol–water partition coefficient (Wildman–Crippen LogP) is 1.57. The molecule has 0 bridgehead atoms. The smallest absolute Gasteiger partial charge is 0.239 e. The summed E-state index contributed by atoms with van der Waals surface area (Å²) in [6.45, 7) is 6.02. The monoisotopic (exact) mass is 265 g/mol. The molecule has 4 N–H and O–H groups in total. The number of thiocarbonyl (C=S) groups is 1. The van der Waals surface area contributed by atoms with Gasteiger partial charge in [0.2, 0.25) is 5.91 Å². The van der Waals surface area contributed by atoms with Gasteiger partial charge in [-0.15, -0.1) is 0 Å². The number of nitrogens with two attached hydrogens (primary N) is 1. The molecule has 0 heterocycles. The lowest BCUT2D eigenvalue weighted by atomic mass is 10.1. The summed E-state index contributed by atoms with van der Waals surface area (Å²) in [6, 6.07) is 5.87. The molecule has 98 valence electrons. The fourth-order valence-corrected chi connectivity index (χ4v) is 1.73. The molecule has 1 rings (SSSR count). The van der Waals surface area contributed by atoms with Crippen molar-refractivity contribution in [1.82, 2.24) is 5.32 Å². The summed E-state index contributed by atoms with van der Waals surface area (Å²) < 4.78 is 0. The zero-order valence-electron chi connectivity index (χ0n) is 10.9. The highest BCUT2D eigenvalue weighted by Gasteiger charge is 2.08. The fraction of sp³-hybridized carbons (Fsp3) is 0.385. The molecule has 0 unspecified atom stereocenters. The summed E-state index contributed by atoms with van der Waals surface area (Å²) in [6.07, 6.45) is 0. The summed E-state index contributed by atoms with van der Waals surface area (Å²) in [5.74, 6) is -0.0561. The first-order chi connectivity index (χ1) is 8.40. The van der Waals surface area contributed by atoms with Crippen molar-refractivity contribution in [2.45, 2.75) is 26.8 Å². The van der Waals surface area contributed by atoms with Crippen LogP contribution in [-0.2, 0) is 4.79 Å². The number of hydrogen-bond acceptors (Lipinski definition) is 3. The Morgan fingerprint density at radius 3 is 2.67 bits per heavy atom. The van der Waals surface area contributed by atoms with E-state index in [2.05, 4.69) is 10.6 Å². The van der Waals surface area contributed by atoms with Crippen molar-refractivity contribution >= 4 is 28.8 Å². The maximum Gasteiger partial charge on any atom is 0.239 e. The van der Waals surface area contributed by atoms with E-state index in [1.165, 1.54) is 0 Å². The summed E-state index contributed by atoms with van der Waals surface area (Å²) in [7, 11) is 0. The van der Waals surface area contributed by atoms with Crippen LogP contribution in [0.3, 0.4) is 0 Å². The van der Waals surface area contributed by atoms with Gasteiger partial charge in [-0.1, -0.05) is 23.8 Å². The van der Waals surface area contributed by atoms with Gasteiger partial charge in [-0.2, -0.15) is 0 Å². The Labute approximate surface area is 113 Å². The highest BCUT2D eigenvalue weighted by molar-refractivity contribution is 7.80. The van der Waals surface area contributed by atoms with Gasteiger partial charge in [0.15, 0.2) is 0 Å². The quantitative estimate of drug-likeness (QED) is 0.707. The molecule has 0 fully saturated rings. The Kier molecular flexibility index (Phi) is 5.09. The van der Waals surface area contributed by atoms with Gasteiger partial charge < -0.3 is 16.4 Å². The molecule has 0 aliphatic heterocycles. The van der Waals surface area contributed by atoms with Crippen LogP contribution in [0.1, 0.15) is 25.0 Å². The van der Waals surface area contributed by atoms with Crippen LogP contribution in [0.2, 0.25) is 0 Å². The standard InChI is InChI=1S/C13H19N3OS/c1-8(2)16-12(17)7-15-11-5-4-9(3)6-10(11)13(14)18/h4-6,8,15H,7H2,1-3H3,(H2,14,18)(H,16,17).